The molecule has 1 aromatic heterocycles. The summed E-state index contributed by atoms with van der Waals surface area (Å²) in [6.07, 6.45) is 0.436. The maximum Gasteiger partial charge on any atom is 0.272 e. The Hall–Kier alpha value is -2.35. The summed E-state index contributed by atoms with van der Waals surface area (Å²) in [5.74, 6) is -0.273. The molecular weight excluding hydrogens is 330 g/mol. The van der Waals surface area contributed by atoms with E-state index in [0.717, 1.165) is 0 Å². The average molecular weight is 349 g/mol. The normalized spacial score (nSPS) is 19.3. The van der Waals surface area contributed by atoms with Gasteiger partial charge in [-0.25, -0.2) is 13.1 Å². The largest absolute Gasteiger partial charge is 0.334 e. The molecule has 8 heteroatoms. The highest BCUT2D eigenvalue weighted by Crippen LogP contribution is 2.19. The first-order valence-electron chi connectivity index (χ1n) is 7.80. The van der Waals surface area contributed by atoms with Crippen molar-refractivity contribution in [1.29, 1.82) is 0 Å². The number of sulfone groups is 1. The third-order valence-electron chi connectivity index (χ3n) is 4.22. The van der Waals surface area contributed by atoms with E-state index < -0.39 is 9.84 Å². The monoisotopic (exact) mass is 349 g/mol. The van der Waals surface area contributed by atoms with E-state index in [0.29, 0.717) is 18.7 Å². The fourth-order valence-corrected chi connectivity index (χ4v) is 4.75. The van der Waals surface area contributed by atoms with Gasteiger partial charge in [-0.15, -0.1) is 0 Å². The highest BCUT2D eigenvalue weighted by Gasteiger charge is 2.34. The third-order valence-corrected chi connectivity index (χ3v) is 5.97. The Morgan fingerprint density at radius 1 is 1.33 bits per heavy atom. The number of H-pyrrole nitrogens is 1. The van der Waals surface area contributed by atoms with Gasteiger partial charge in [-0.2, -0.15) is 0 Å². The highest BCUT2D eigenvalue weighted by atomic mass is 32.2. The number of rotatable bonds is 4. The van der Waals surface area contributed by atoms with Crippen LogP contribution in [0, 0.1) is 0 Å². The first-order chi connectivity index (χ1) is 11.4. The second-order valence-electron chi connectivity index (χ2n) is 5.83. The number of hydrogen-bond donors (Lipinski definition) is 1. The second-order valence-corrected chi connectivity index (χ2v) is 8.06. The number of aromatic nitrogens is 2. The van der Waals surface area contributed by atoms with Gasteiger partial charge in [0.05, 0.1) is 17.2 Å². The van der Waals surface area contributed by atoms with Gasteiger partial charge in [0.25, 0.3) is 11.5 Å². The molecule has 0 aliphatic carbocycles. The van der Waals surface area contributed by atoms with Crippen LogP contribution < -0.4 is 5.56 Å². The third kappa shape index (κ3) is 3.14. The summed E-state index contributed by atoms with van der Waals surface area (Å²) in [4.78, 5) is 26.4. The van der Waals surface area contributed by atoms with Gasteiger partial charge in [-0.3, -0.25) is 14.7 Å². The minimum Gasteiger partial charge on any atom is -0.334 e. The number of nitrogens with one attached hydrogen (secondary N) is 1. The van der Waals surface area contributed by atoms with Crippen molar-refractivity contribution >= 4 is 15.7 Å². The van der Waals surface area contributed by atoms with Crippen molar-refractivity contribution in [3.05, 3.63) is 52.4 Å². The van der Waals surface area contributed by atoms with Crippen LogP contribution in [0.5, 0.6) is 0 Å². The zero-order valence-corrected chi connectivity index (χ0v) is 14.1. The molecule has 2 heterocycles. The molecule has 0 unspecified atom stereocenters. The molecule has 1 N–H and O–H groups in total. The molecule has 1 aromatic carbocycles. The van der Waals surface area contributed by atoms with E-state index in [1.54, 1.807) is 31.2 Å². The van der Waals surface area contributed by atoms with Gasteiger partial charge in [0, 0.05) is 18.7 Å². The lowest BCUT2D eigenvalue weighted by atomic mass is 10.2. The van der Waals surface area contributed by atoms with E-state index in [-0.39, 0.29) is 34.7 Å². The number of hydrogen-bond acceptors (Lipinski definition) is 4. The number of benzene rings is 1. The molecule has 0 spiro atoms. The molecule has 128 valence electrons. The minimum atomic E-state index is -3.08. The van der Waals surface area contributed by atoms with Crippen LogP contribution in [0.15, 0.2) is 41.2 Å². The van der Waals surface area contributed by atoms with Crippen LogP contribution >= 0.6 is 0 Å². The summed E-state index contributed by atoms with van der Waals surface area (Å²) in [6.45, 7) is 2.19. The van der Waals surface area contributed by atoms with Crippen LogP contribution in [0.25, 0.3) is 5.69 Å². The molecule has 2 aromatic rings. The van der Waals surface area contributed by atoms with E-state index in [1.807, 2.05) is 6.07 Å². The molecule has 0 bridgehead atoms. The number of carbonyl (C=O) groups excluding carboxylic acids is 1. The zero-order chi connectivity index (χ0) is 17.3. The van der Waals surface area contributed by atoms with E-state index in [4.69, 9.17) is 0 Å². The highest BCUT2D eigenvalue weighted by molar-refractivity contribution is 7.91. The first kappa shape index (κ1) is 16.5. The van der Waals surface area contributed by atoms with Crippen LogP contribution in [-0.2, 0) is 9.84 Å². The van der Waals surface area contributed by atoms with Gasteiger partial charge < -0.3 is 4.90 Å². The maximum atomic E-state index is 12.7. The molecular formula is C16H19N3O4S. The lowest BCUT2D eigenvalue weighted by molar-refractivity contribution is 0.0702. The minimum absolute atomic E-state index is 0.0177. The number of carbonyl (C=O) groups is 1. The molecule has 24 heavy (non-hydrogen) atoms. The SMILES string of the molecule is CCN(C(=O)c1cc(=O)n(-c2ccccc2)[nH]1)[C@@H]1CCS(=O)(=O)C1. The van der Waals surface area contributed by atoms with Crippen molar-refractivity contribution < 1.29 is 13.2 Å². The summed E-state index contributed by atoms with van der Waals surface area (Å²) < 4.78 is 24.6. The number of para-hydroxylation sites is 1. The fraction of sp³-hybridized carbons (Fsp3) is 0.375. The molecule has 1 aliphatic rings. The Balaban J connectivity index is 1.88. The van der Waals surface area contributed by atoms with Crippen LogP contribution in [0.4, 0.5) is 0 Å². The average Bonchev–Trinajstić information content (AvgIpc) is 3.11. The van der Waals surface area contributed by atoms with E-state index in [9.17, 15) is 18.0 Å². The van der Waals surface area contributed by atoms with Gasteiger partial charge in [0.15, 0.2) is 9.84 Å². The van der Waals surface area contributed by atoms with Crippen molar-refractivity contribution in [3.8, 4) is 5.69 Å². The maximum absolute atomic E-state index is 12.7. The topological polar surface area (TPSA) is 92.2 Å². The molecule has 1 amide bonds. The molecule has 1 fully saturated rings. The second kappa shape index (κ2) is 6.27. The summed E-state index contributed by atoms with van der Waals surface area (Å²) in [5.41, 5.74) is 0.461. The fourth-order valence-electron chi connectivity index (χ4n) is 3.02. The predicted molar refractivity (Wildman–Crippen MR) is 90.2 cm³/mol. The smallest absolute Gasteiger partial charge is 0.272 e. The molecule has 0 saturated carbocycles. The van der Waals surface area contributed by atoms with Crippen molar-refractivity contribution in [2.45, 2.75) is 19.4 Å². The summed E-state index contributed by atoms with van der Waals surface area (Å²) in [7, 11) is -3.08. The van der Waals surface area contributed by atoms with Gasteiger partial charge in [0.2, 0.25) is 0 Å². The number of amides is 1. The van der Waals surface area contributed by atoms with E-state index in [1.165, 1.54) is 15.6 Å². The Morgan fingerprint density at radius 2 is 2.04 bits per heavy atom. The lowest BCUT2D eigenvalue weighted by Crippen LogP contribution is -2.41. The van der Waals surface area contributed by atoms with Gasteiger partial charge in [-0.05, 0) is 25.5 Å². The van der Waals surface area contributed by atoms with Crippen molar-refractivity contribution in [1.82, 2.24) is 14.7 Å². The summed E-state index contributed by atoms with van der Waals surface area (Å²) in [6, 6.07) is 9.86. The molecule has 3 rings (SSSR count). The molecule has 1 saturated heterocycles. The lowest BCUT2D eigenvalue weighted by Gasteiger charge is -2.26. The molecule has 1 aliphatic heterocycles. The first-order valence-corrected chi connectivity index (χ1v) is 9.62. The van der Waals surface area contributed by atoms with Crippen LogP contribution in [-0.4, -0.2) is 53.1 Å². The molecule has 0 radical (unpaired) electrons. The van der Waals surface area contributed by atoms with Gasteiger partial charge >= 0.3 is 0 Å². The van der Waals surface area contributed by atoms with Crippen molar-refractivity contribution in [2.24, 2.45) is 0 Å². The Bertz CT molecular complexity index is 899. The summed E-state index contributed by atoms with van der Waals surface area (Å²) >= 11 is 0. The standard InChI is InChI=1S/C16H19N3O4S/c1-2-18(13-8-9-24(22,23)11-13)16(21)14-10-15(20)19(17-14)12-6-4-3-5-7-12/h3-7,10,13,17H,2,8-9,11H2,1H3/t13-/m1/s1. The Labute approximate surface area is 139 Å². The molecule has 1 atom stereocenters. The van der Waals surface area contributed by atoms with Crippen LogP contribution in [0.2, 0.25) is 0 Å². The Kier molecular flexibility index (Phi) is 4.31. The predicted octanol–water partition coefficient (Wildman–Crippen LogP) is 0.815. The zero-order valence-electron chi connectivity index (χ0n) is 13.3. The Morgan fingerprint density at radius 3 is 2.62 bits per heavy atom. The number of aromatic amines is 1. The van der Waals surface area contributed by atoms with E-state index >= 15 is 0 Å². The quantitative estimate of drug-likeness (QED) is 0.884. The van der Waals surface area contributed by atoms with Crippen LogP contribution in [0.3, 0.4) is 0 Å². The van der Waals surface area contributed by atoms with Gasteiger partial charge in [0.1, 0.15) is 5.69 Å². The van der Waals surface area contributed by atoms with Crippen LogP contribution in [0.1, 0.15) is 23.8 Å². The van der Waals surface area contributed by atoms with Crippen molar-refractivity contribution in [3.63, 3.8) is 0 Å². The number of nitrogens with zero attached hydrogens (tertiary/aromatic N) is 2. The molecule has 7 nitrogen and oxygen atoms in total. The van der Waals surface area contributed by atoms with E-state index in [2.05, 4.69) is 5.10 Å². The summed E-state index contributed by atoms with van der Waals surface area (Å²) in [5, 5.41) is 2.82. The van der Waals surface area contributed by atoms with Gasteiger partial charge in [-0.1, -0.05) is 18.2 Å². The van der Waals surface area contributed by atoms with Crippen molar-refractivity contribution in [2.75, 3.05) is 18.1 Å².